The summed E-state index contributed by atoms with van der Waals surface area (Å²) in [5.74, 6) is -0.293. The Balaban J connectivity index is 1.95. The van der Waals surface area contributed by atoms with Crippen molar-refractivity contribution in [1.82, 2.24) is 0 Å². The van der Waals surface area contributed by atoms with Crippen molar-refractivity contribution in [2.75, 3.05) is 10.6 Å². The number of anilines is 2. The Morgan fingerprint density at radius 3 is 2.25 bits per heavy atom. The molecule has 2 amide bonds. The van der Waals surface area contributed by atoms with E-state index in [-0.39, 0.29) is 23.7 Å². The third-order valence-electron chi connectivity index (χ3n) is 4.61. The largest absolute Gasteiger partial charge is 0.398 e. The van der Waals surface area contributed by atoms with Gasteiger partial charge in [0.15, 0.2) is 0 Å². The van der Waals surface area contributed by atoms with Crippen LogP contribution < -0.4 is 10.6 Å². The van der Waals surface area contributed by atoms with E-state index in [1.54, 1.807) is 6.07 Å². The molecule has 2 fully saturated rings. The van der Waals surface area contributed by atoms with Gasteiger partial charge in [-0.25, -0.2) is 4.90 Å². The zero-order valence-corrected chi connectivity index (χ0v) is 11.8. The average molecular weight is 272 g/mol. The van der Waals surface area contributed by atoms with Gasteiger partial charge in [0.05, 0.1) is 17.5 Å². The molecule has 3 rings (SSSR count). The number of hydrogen-bond acceptors (Lipinski definition) is 3. The molecule has 2 N–H and O–H groups in total. The van der Waals surface area contributed by atoms with Gasteiger partial charge in [-0.15, -0.1) is 0 Å². The van der Waals surface area contributed by atoms with E-state index in [9.17, 15) is 9.59 Å². The molecule has 2 unspecified atom stereocenters. The maximum atomic E-state index is 12.5. The second-order valence-corrected chi connectivity index (χ2v) is 5.75. The lowest BCUT2D eigenvalue weighted by Gasteiger charge is -2.19. The highest BCUT2D eigenvalue weighted by molar-refractivity contribution is 6.22. The van der Waals surface area contributed by atoms with E-state index in [1.165, 1.54) is 4.90 Å². The van der Waals surface area contributed by atoms with E-state index in [0.29, 0.717) is 11.4 Å². The molecule has 1 aliphatic carbocycles. The second kappa shape index (κ2) is 4.93. The standard InChI is InChI=1S/C16H20N2O2/c1-2-10-7-8-11(9-14(10)17)18-15(19)12-5-3-4-6-13(12)16(18)20/h7-9,12-13H,2-6,17H2,1H3. The molecule has 2 aliphatic rings. The zero-order valence-electron chi connectivity index (χ0n) is 11.8. The molecule has 0 spiro atoms. The maximum Gasteiger partial charge on any atom is 0.237 e. The molecule has 1 saturated heterocycles. The van der Waals surface area contributed by atoms with Crippen molar-refractivity contribution in [2.24, 2.45) is 11.8 Å². The monoisotopic (exact) mass is 272 g/mol. The van der Waals surface area contributed by atoms with Gasteiger partial charge in [0, 0.05) is 5.69 Å². The summed E-state index contributed by atoms with van der Waals surface area (Å²) >= 11 is 0. The fourth-order valence-electron chi connectivity index (χ4n) is 3.46. The molecule has 20 heavy (non-hydrogen) atoms. The molecule has 4 nitrogen and oxygen atoms in total. The molecular weight excluding hydrogens is 252 g/mol. The molecular formula is C16H20N2O2. The molecule has 4 heteroatoms. The summed E-state index contributed by atoms with van der Waals surface area (Å²) in [4.78, 5) is 26.3. The molecule has 0 aromatic heterocycles. The number of amides is 2. The normalized spacial score (nSPS) is 25.9. The summed E-state index contributed by atoms with van der Waals surface area (Å²) in [5, 5.41) is 0. The third kappa shape index (κ3) is 1.90. The highest BCUT2D eigenvalue weighted by atomic mass is 16.2. The van der Waals surface area contributed by atoms with Gasteiger partial charge in [-0.1, -0.05) is 25.8 Å². The fourth-order valence-corrected chi connectivity index (χ4v) is 3.46. The van der Waals surface area contributed by atoms with Crippen molar-refractivity contribution in [3.8, 4) is 0 Å². The van der Waals surface area contributed by atoms with Crippen molar-refractivity contribution in [3.63, 3.8) is 0 Å². The highest BCUT2D eigenvalue weighted by Gasteiger charge is 2.48. The van der Waals surface area contributed by atoms with Crippen molar-refractivity contribution in [2.45, 2.75) is 39.0 Å². The first kappa shape index (κ1) is 13.2. The van der Waals surface area contributed by atoms with Crippen LogP contribution in [-0.4, -0.2) is 11.8 Å². The molecule has 0 radical (unpaired) electrons. The van der Waals surface area contributed by atoms with Crippen LogP contribution in [0.5, 0.6) is 0 Å². The SMILES string of the molecule is CCc1ccc(N2C(=O)C3CCCCC3C2=O)cc1N. The highest BCUT2D eigenvalue weighted by Crippen LogP contribution is 2.40. The first-order valence-corrected chi connectivity index (χ1v) is 7.39. The lowest BCUT2D eigenvalue weighted by Crippen LogP contribution is -2.30. The smallest absolute Gasteiger partial charge is 0.237 e. The Hall–Kier alpha value is -1.84. The van der Waals surface area contributed by atoms with Crippen molar-refractivity contribution in [3.05, 3.63) is 23.8 Å². The predicted octanol–water partition coefficient (Wildman–Crippen LogP) is 2.51. The van der Waals surface area contributed by atoms with Gasteiger partial charge in [-0.3, -0.25) is 9.59 Å². The predicted molar refractivity (Wildman–Crippen MR) is 78.2 cm³/mol. The van der Waals surface area contributed by atoms with Gasteiger partial charge in [0.2, 0.25) is 11.8 Å². The topological polar surface area (TPSA) is 63.4 Å². The van der Waals surface area contributed by atoms with Gasteiger partial charge in [-0.2, -0.15) is 0 Å². The molecule has 0 bridgehead atoms. The first-order chi connectivity index (χ1) is 9.63. The summed E-state index contributed by atoms with van der Waals surface area (Å²) in [6, 6.07) is 5.50. The van der Waals surface area contributed by atoms with E-state index in [0.717, 1.165) is 37.7 Å². The molecule has 1 aromatic rings. The Labute approximate surface area is 118 Å². The Bertz CT molecular complexity index is 544. The third-order valence-corrected chi connectivity index (χ3v) is 4.61. The van der Waals surface area contributed by atoms with Crippen molar-refractivity contribution >= 4 is 23.2 Å². The quantitative estimate of drug-likeness (QED) is 0.664. The lowest BCUT2D eigenvalue weighted by atomic mass is 9.81. The summed E-state index contributed by atoms with van der Waals surface area (Å²) < 4.78 is 0. The Kier molecular flexibility index (Phi) is 3.24. The number of carbonyl (C=O) groups is 2. The van der Waals surface area contributed by atoms with Crippen LogP contribution in [-0.2, 0) is 16.0 Å². The van der Waals surface area contributed by atoms with E-state index in [1.807, 2.05) is 19.1 Å². The summed E-state index contributed by atoms with van der Waals surface area (Å²) in [5.41, 5.74) is 8.32. The molecule has 1 aliphatic heterocycles. The number of carbonyl (C=O) groups excluding carboxylic acids is 2. The van der Waals surface area contributed by atoms with E-state index in [2.05, 4.69) is 0 Å². The Morgan fingerprint density at radius 2 is 1.75 bits per heavy atom. The first-order valence-electron chi connectivity index (χ1n) is 7.39. The van der Waals surface area contributed by atoms with Crippen LogP contribution in [0.4, 0.5) is 11.4 Å². The van der Waals surface area contributed by atoms with Crippen LogP contribution in [0, 0.1) is 11.8 Å². The number of nitrogen functional groups attached to an aromatic ring is 1. The van der Waals surface area contributed by atoms with Gasteiger partial charge >= 0.3 is 0 Å². The minimum atomic E-state index is -0.108. The second-order valence-electron chi connectivity index (χ2n) is 5.75. The summed E-state index contributed by atoms with van der Waals surface area (Å²) in [7, 11) is 0. The number of nitrogens with zero attached hydrogens (tertiary/aromatic N) is 1. The molecule has 1 heterocycles. The maximum absolute atomic E-state index is 12.5. The van der Waals surface area contributed by atoms with Crippen LogP contribution in [0.2, 0.25) is 0 Å². The van der Waals surface area contributed by atoms with E-state index in [4.69, 9.17) is 5.73 Å². The van der Waals surface area contributed by atoms with E-state index >= 15 is 0 Å². The number of nitrogens with two attached hydrogens (primary N) is 1. The van der Waals surface area contributed by atoms with Crippen LogP contribution >= 0.6 is 0 Å². The van der Waals surface area contributed by atoms with Gasteiger partial charge in [0.1, 0.15) is 0 Å². The number of benzene rings is 1. The number of rotatable bonds is 2. The fraction of sp³-hybridized carbons (Fsp3) is 0.500. The molecule has 2 atom stereocenters. The number of hydrogen-bond donors (Lipinski definition) is 1. The molecule has 106 valence electrons. The van der Waals surface area contributed by atoms with Gasteiger partial charge < -0.3 is 5.73 Å². The van der Waals surface area contributed by atoms with Gasteiger partial charge in [-0.05, 0) is 37.0 Å². The van der Waals surface area contributed by atoms with Gasteiger partial charge in [0.25, 0.3) is 0 Å². The molecule has 1 aromatic carbocycles. The summed E-state index contributed by atoms with van der Waals surface area (Å²) in [6.45, 7) is 2.03. The minimum absolute atomic E-state index is 0.0386. The molecule has 1 saturated carbocycles. The number of imide groups is 1. The number of fused-ring (bicyclic) bond motifs is 1. The van der Waals surface area contributed by atoms with Crippen LogP contribution in [0.25, 0.3) is 0 Å². The zero-order chi connectivity index (χ0) is 14.3. The minimum Gasteiger partial charge on any atom is -0.398 e. The van der Waals surface area contributed by atoms with Crippen LogP contribution in [0.1, 0.15) is 38.2 Å². The number of aryl methyl sites for hydroxylation is 1. The van der Waals surface area contributed by atoms with Crippen molar-refractivity contribution < 1.29 is 9.59 Å². The van der Waals surface area contributed by atoms with Crippen LogP contribution in [0.15, 0.2) is 18.2 Å². The van der Waals surface area contributed by atoms with Crippen LogP contribution in [0.3, 0.4) is 0 Å². The van der Waals surface area contributed by atoms with Crippen molar-refractivity contribution in [1.29, 1.82) is 0 Å². The summed E-state index contributed by atoms with van der Waals surface area (Å²) in [6.07, 6.45) is 4.62. The average Bonchev–Trinajstić information content (AvgIpc) is 2.71. The lowest BCUT2D eigenvalue weighted by molar-refractivity contribution is -0.122. The Morgan fingerprint density at radius 1 is 1.15 bits per heavy atom. The van der Waals surface area contributed by atoms with E-state index < -0.39 is 0 Å².